The average molecular weight is 221 g/mol. The van der Waals surface area contributed by atoms with Crippen LogP contribution < -0.4 is 5.73 Å². The van der Waals surface area contributed by atoms with E-state index in [9.17, 15) is 9.59 Å². The lowest BCUT2D eigenvalue weighted by Gasteiger charge is -2.02. The van der Waals surface area contributed by atoms with E-state index in [-0.39, 0.29) is 17.9 Å². The van der Waals surface area contributed by atoms with E-state index < -0.39 is 5.97 Å². The largest absolute Gasteiger partial charge is 0.464 e. The number of allylic oxidation sites excluding steroid dienone is 1. The van der Waals surface area contributed by atoms with Crippen LogP contribution in [0.1, 0.15) is 22.6 Å². The predicted molar refractivity (Wildman–Crippen MR) is 57.5 cm³/mol. The maximum absolute atomic E-state index is 11.2. The van der Waals surface area contributed by atoms with Crippen molar-refractivity contribution in [3.05, 3.63) is 23.7 Å². The third kappa shape index (κ3) is 2.88. The highest BCUT2D eigenvalue weighted by molar-refractivity contribution is 5.91. The van der Waals surface area contributed by atoms with Gasteiger partial charge in [-0.3, -0.25) is 0 Å². The maximum atomic E-state index is 11.2. The van der Waals surface area contributed by atoms with Crippen molar-refractivity contribution in [2.24, 2.45) is 0 Å². The summed E-state index contributed by atoms with van der Waals surface area (Å²) in [4.78, 5) is 29.1. The fourth-order valence-corrected chi connectivity index (χ4v) is 0.984. The molecule has 1 heterocycles. The number of rotatable bonds is 4. The Morgan fingerprint density at radius 2 is 2.38 bits per heavy atom. The summed E-state index contributed by atoms with van der Waals surface area (Å²) in [5, 5.41) is 0. The number of hydrogen-bond acceptors (Lipinski definition) is 6. The van der Waals surface area contributed by atoms with Gasteiger partial charge >= 0.3 is 5.97 Å². The lowest BCUT2D eigenvalue weighted by Crippen LogP contribution is -2.10. The van der Waals surface area contributed by atoms with Crippen molar-refractivity contribution in [3.63, 3.8) is 0 Å². The Morgan fingerprint density at radius 1 is 1.62 bits per heavy atom. The first-order valence-electron chi connectivity index (χ1n) is 4.50. The quantitative estimate of drug-likeness (QED) is 0.585. The number of ether oxygens (including phenoxy) is 1. The summed E-state index contributed by atoms with van der Waals surface area (Å²) >= 11 is 0. The van der Waals surface area contributed by atoms with Crippen LogP contribution in [0, 0.1) is 0 Å². The van der Waals surface area contributed by atoms with Gasteiger partial charge in [-0.25, -0.2) is 14.8 Å². The average Bonchev–Trinajstić information content (AvgIpc) is 2.30. The topological polar surface area (TPSA) is 95.2 Å². The van der Waals surface area contributed by atoms with Gasteiger partial charge in [0.1, 0.15) is 6.29 Å². The fourth-order valence-electron chi connectivity index (χ4n) is 0.984. The monoisotopic (exact) mass is 221 g/mol. The molecule has 16 heavy (non-hydrogen) atoms. The van der Waals surface area contributed by atoms with Gasteiger partial charge in [0.2, 0.25) is 0 Å². The minimum absolute atomic E-state index is 0.0133. The van der Waals surface area contributed by atoms with Gasteiger partial charge in [0.05, 0.1) is 19.0 Å². The molecule has 0 fully saturated rings. The first-order chi connectivity index (χ1) is 7.69. The Morgan fingerprint density at radius 3 is 3.00 bits per heavy atom. The number of aldehydes is 1. The highest BCUT2D eigenvalue weighted by Crippen LogP contribution is 2.08. The third-order valence-electron chi connectivity index (χ3n) is 1.72. The van der Waals surface area contributed by atoms with Crippen LogP contribution in [0.5, 0.6) is 0 Å². The molecule has 2 N–H and O–H groups in total. The molecule has 0 aliphatic rings. The van der Waals surface area contributed by atoms with E-state index in [1.165, 1.54) is 13.3 Å². The van der Waals surface area contributed by atoms with Crippen molar-refractivity contribution in [2.45, 2.75) is 6.42 Å². The molecule has 84 valence electrons. The zero-order chi connectivity index (χ0) is 12.0. The summed E-state index contributed by atoms with van der Waals surface area (Å²) in [5.74, 6) is -0.630. The van der Waals surface area contributed by atoms with Crippen LogP contribution in [0.25, 0.3) is 6.08 Å². The third-order valence-corrected chi connectivity index (χ3v) is 1.72. The van der Waals surface area contributed by atoms with Crippen LogP contribution in [-0.4, -0.2) is 29.3 Å². The SMILES string of the molecule is COC(=O)c1nc(C=CCC=O)cnc1N. The molecule has 0 unspecified atom stereocenters. The second-order valence-corrected chi connectivity index (χ2v) is 2.83. The number of anilines is 1. The molecular weight excluding hydrogens is 210 g/mol. The van der Waals surface area contributed by atoms with Crippen molar-refractivity contribution in [1.29, 1.82) is 0 Å². The molecule has 1 aromatic rings. The summed E-state index contributed by atoms with van der Waals surface area (Å²) in [6.07, 6.45) is 5.62. The molecule has 0 bridgehead atoms. The Kier molecular flexibility index (Phi) is 4.14. The Balaban J connectivity index is 2.97. The van der Waals surface area contributed by atoms with E-state index in [0.29, 0.717) is 5.69 Å². The van der Waals surface area contributed by atoms with Gasteiger partial charge in [-0.2, -0.15) is 0 Å². The predicted octanol–water partition coefficient (Wildman–Crippen LogP) is 0.448. The summed E-state index contributed by atoms with van der Waals surface area (Å²) in [5.41, 5.74) is 5.88. The van der Waals surface area contributed by atoms with Gasteiger partial charge in [-0.1, -0.05) is 6.08 Å². The molecule has 0 saturated heterocycles. The van der Waals surface area contributed by atoms with Crippen molar-refractivity contribution in [3.8, 4) is 0 Å². The second kappa shape index (κ2) is 5.59. The Labute approximate surface area is 92.1 Å². The van der Waals surface area contributed by atoms with Crippen LogP contribution in [0.2, 0.25) is 0 Å². The van der Waals surface area contributed by atoms with Gasteiger partial charge in [0, 0.05) is 6.42 Å². The lowest BCUT2D eigenvalue weighted by molar-refractivity contribution is -0.107. The highest BCUT2D eigenvalue weighted by Gasteiger charge is 2.12. The molecule has 0 spiro atoms. The maximum Gasteiger partial charge on any atom is 0.360 e. The Bertz CT molecular complexity index is 429. The lowest BCUT2D eigenvalue weighted by atomic mass is 10.3. The molecule has 6 nitrogen and oxygen atoms in total. The summed E-state index contributed by atoms with van der Waals surface area (Å²) in [6.45, 7) is 0. The van der Waals surface area contributed by atoms with E-state index in [1.807, 2.05) is 0 Å². The first kappa shape index (κ1) is 11.8. The number of nitrogen functional groups attached to an aromatic ring is 1. The zero-order valence-corrected chi connectivity index (χ0v) is 8.71. The standard InChI is InChI=1S/C10H11N3O3/c1-16-10(15)8-9(11)12-6-7(13-8)4-2-3-5-14/h2,4-6H,3H2,1H3,(H2,11,12). The van der Waals surface area contributed by atoms with Crippen LogP contribution >= 0.6 is 0 Å². The fraction of sp³-hybridized carbons (Fsp3) is 0.200. The number of aromatic nitrogens is 2. The van der Waals surface area contributed by atoms with Crippen LogP contribution in [0.4, 0.5) is 5.82 Å². The van der Waals surface area contributed by atoms with Crippen LogP contribution in [0.15, 0.2) is 12.3 Å². The molecule has 0 aliphatic carbocycles. The second-order valence-electron chi connectivity index (χ2n) is 2.83. The molecule has 1 aromatic heterocycles. The summed E-state index contributed by atoms with van der Waals surface area (Å²) in [6, 6.07) is 0. The smallest absolute Gasteiger partial charge is 0.360 e. The number of nitrogens with zero attached hydrogens (tertiary/aromatic N) is 2. The van der Waals surface area contributed by atoms with Gasteiger partial charge in [-0.15, -0.1) is 0 Å². The normalized spacial score (nSPS) is 10.3. The summed E-state index contributed by atoms with van der Waals surface area (Å²) in [7, 11) is 1.23. The highest BCUT2D eigenvalue weighted by atomic mass is 16.5. The molecule has 1 rings (SSSR count). The number of hydrogen-bond donors (Lipinski definition) is 1. The molecule has 0 aromatic carbocycles. The minimum atomic E-state index is -0.643. The minimum Gasteiger partial charge on any atom is -0.464 e. The number of esters is 1. The number of nitrogens with two attached hydrogens (primary N) is 1. The van der Waals surface area contributed by atoms with E-state index in [0.717, 1.165) is 6.29 Å². The van der Waals surface area contributed by atoms with Gasteiger partial charge < -0.3 is 15.3 Å². The molecule has 0 saturated carbocycles. The van der Waals surface area contributed by atoms with E-state index in [1.54, 1.807) is 12.2 Å². The van der Waals surface area contributed by atoms with E-state index in [2.05, 4.69) is 14.7 Å². The number of carbonyl (C=O) groups excluding carboxylic acids is 2. The van der Waals surface area contributed by atoms with Crippen molar-refractivity contribution in [2.75, 3.05) is 12.8 Å². The van der Waals surface area contributed by atoms with E-state index >= 15 is 0 Å². The molecule has 0 radical (unpaired) electrons. The number of methoxy groups -OCH3 is 1. The van der Waals surface area contributed by atoms with E-state index in [4.69, 9.17) is 5.73 Å². The summed E-state index contributed by atoms with van der Waals surface area (Å²) < 4.78 is 4.50. The van der Waals surface area contributed by atoms with Crippen LogP contribution in [-0.2, 0) is 9.53 Å². The Hall–Kier alpha value is -2.24. The van der Waals surface area contributed by atoms with Crippen molar-refractivity contribution in [1.82, 2.24) is 9.97 Å². The number of carbonyl (C=O) groups is 2. The zero-order valence-electron chi connectivity index (χ0n) is 8.71. The molecule has 6 heteroatoms. The van der Waals surface area contributed by atoms with Crippen LogP contribution in [0.3, 0.4) is 0 Å². The van der Waals surface area contributed by atoms with Gasteiger partial charge in [0.25, 0.3) is 0 Å². The molecule has 0 atom stereocenters. The van der Waals surface area contributed by atoms with Gasteiger partial charge in [-0.05, 0) is 6.08 Å². The first-order valence-corrected chi connectivity index (χ1v) is 4.50. The van der Waals surface area contributed by atoms with Gasteiger partial charge in [0.15, 0.2) is 11.5 Å². The molecule has 0 aliphatic heterocycles. The van der Waals surface area contributed by atoms with Crippen molar-refractivity contribution < 1.29 is 14.3 Å². The molecular formula is C10H11N3O3. The van der Waals surface area contributed by atoms with Crippen molar-refractivity contribution >= 4 is 24.1 Å². The molecule has 0 amide bonds.